The fourth-order valence-corrected chi connectivity index (χ4v) is 4.26. The molecule has 0 bridgehead atoms. The van der Waals surface area contributed by atoms with Gasteiger partial charge in [-0.1, -0.05) is 44.2 Å². The Balaban J connectivity index is 1.53. The van der Waals surface area contributed by atoms with Gasteiger partial charge in [-0.2, -0.15) is 0 Å². The van der Waals surface area contributed by atoms with Crippen molar-refractivity contribution in [3.05, 3.63) is 71.0 Å². The molecule has 1 aromatic carbocycles. The van der Waals surface area contributed by atoms with E-state index in [4.69, 9.17) is 0 Å². The third kappa shape index (κ3) is 3.53. The number of aromatic nitrogens is 2. The number of hydrogen-bond donors (Lipinski definition) is 1. The zero-order valence-corrected chi connectivity index (χ0v) is 17.4. The number of imide groups is 1. The first-order chi connectivity index (χ1) is 13.9. The van der Waals surface area contributed by atoms with Gasteiger partial charge in [0.25, 0.3) is 5.91 Å². The molecule has 4 rings (SSSR count). The summed E-state index contributed by atoms with van der Waals surface area (Å²) in [4.78, 5) is 36.3. The maximum absolute atomic E-state index is 13.0. The molecule has 1 atom stereocenters. The van der Waals surface area contributed by atoms with Crippen LogP contribution in [0.1, 0.15) is 42.8 Å². The van der Waals surface area contributed by atoms with Gasteiger partial charge in [0.2, 0.25) is 0 Å². The van der Waals surface area contributed by atoms with E-state index < -0.39 is 11.6 Å². The Morgan fingerprint density at radius 3 is 2.52 bits per heavy atom. The molecule has 0 radical (unpaired) electrons. The Kier molecular flexibility index (Phi) is 4.92. The first-order valence-corrected chi connectivity index (χ1v) is 10.3. The van der Waals surface area contributed by atoms with Gasteiger partial charge >= 0.3 is 6.03 Å². The van der Waals surface area contributed by atoms with Crippen molar-refractivity contribution in [2.75, 3.05) is 0 Å². The molecule has 0 spiro atoms. The second kappa shape index (κ2) is 7.40. The molecule has 1 unspecified atom stereocenters. The zero-order chi connectivity index (χ0) is 20.6. The first kappa shape index (κ1) is 19.3. The molecular formula is C22H22N4O2S. The van der Waals surface area contributed by atoms with Gasteiger partial charge in [-0.05, 0) is 30.5 Å². The van der Waals surface area contributed by atoms with Crippen LogP contribution in [0.3, 0.4) is 0 Å². The topological polar surface area (TPSA) is 75.2 Å². The molecule has 148 valence electrons. The fraction of sp³-hybridized carbons (Fsp3) is 0.273. The molecule has 0 saturated carbocycles. The number of pyridine rings is 1. The molecular weight excluding hydrogens is 384 g/mol. The summed E-state index contributed by atoms with van der Waals surface area (Å²) < 4.78 is 0. The lowest BCUT2D eigenvalue weighted by atomic mass is 9.97. The Labute approximate surface area is 173 Å². The minimum Gasteiger partial charge on any atom is -0.318 e. The molecule has 3 heterocycles. The van der Waals surface area contributed by atoms with Gasteiger partial charge < -0.3 is 5.32 Å². The van der Waals surface area contributed by atoms with E-state index in [1.807, 2.05) is 0 Å². The third-order valence-electron chi connectivity index (χ3n) is 5.14. The molecule has 3 aromatic rings. The summed E-state index contributed by atoms with van der Waals surface area (Å²) in [5.41, 5.74) is 1.68. The molecule has 1 fully saturated rings. The summed E-state index contributed by atoms with van der Waals surface area (Å²) >= 11 is 1.49. The summed E-state index contributed by atoms with van der Waals surface area (Å²) in [5, 5.41) is 3.65. The number of rotatable bonds is 5. The number of thiazole rings is 1. The highest BCUT2D eigenvalue weighted by molar-refractivity contribution is 7.15. The van der Waals surface area contributed by atoms with E-state index in [0.717, 1.165) is 15.4 Å². The van der Waals surface area contributed by atoms with Crippen LogP contribution in [-0.4, -0.2) is 26.8 Å². The Hall–Kier alpha value is -3.06. The summed E-state index contributed by atoms with van der Waals surface area (Å²) in [6.07, 6.45) is 3.34. The number of nitrogens with one attached hydrogen (secondary N) is 1. The summed E-state index contributed by atoms with van der Waals surface area (Å²) in [7, 11) is 0. The van der Waals surface area contributed by atoms with Crippen LogP contribution in [-0.2, 0) is 16.9 Å². The summed E-state index contributed by atoms with van der Waals surface area (Å²) in [6, 6.07) is 13.2. The monoisotopic (exact) mass is 406 g/mol. The number of benzene rings is 1. The fourth-order valence-electron chi connectivity index (χ4n) is 3.35. The summed E-state index contributed by atoms with van der Waals surface area (Å²) in [6.45, 7) is 6.19. The van der Waals surface area contributed by atoms with E-state index in [1.165, 1.54) is 21.8 Å². The van der Waals surface area contributed by atoms with Gasteiger partial charge in [0, 0.05) is 22.8 Å². The predicted octanol–water partition coefficient (Wildman–Crippen LogP) is 4.30. The van der Waals surface area contributed by atoms with E-state index >= 15 is 0 Å². The lowest BCUT2D eigenvalue weighted by Gasteiger charge is -2.20. The minimum absolute atomic E-state index is 0.189. The van der Waals surface area contributed by atoms with E-state index in [-0.39, 0.29) is 12.5 Å². The lowest BCUT2D eigenvalue weighted by molar-refractivity contribution is -0.131. The molecule has 29 heavy (non-hydrogen) atoms. The van der Waals surface area contributed by atoms with Crippen molar-refractivity contribution in [1.82, 2.24) is 20.2 Å². The Morgan fingerprint density at radius 1 is 1.10 bits per heavy atom. The molecule has 1 saturated heterocycles. The van der Waals surface area contributed by atoms with Gasteiger partial charge in [-0.25, -0.2) is 9.78 Å². The molecule has 7 heteroatoms. The smallest absolute Gasteiger partial charge is 0.318 e. The molecule has 1 aliphatic rings. The van der Waals surface area contributed by atoms with Crippen molar-refractivity contribution in [2.24, 2.45) is 0 Å². The number of urea groups is 1. The van der Waals surface area contributed by atoms with Crippen LogP contribution < -0.4 is 5.32 Å². The predicted molar refractivity (Wildman–Crippen MR) is 112 cm³/mol. The Bertz CT molecular complexity index is 1050. The average molecular weight is 407 g/mol. The number of amides is 3. The van der Waals surface area contributed by atoms with Crippen LogP contribution in [0.15, 0.2) is 54.9 Å². The van der Waals surface area contributed by atoms with Crippen molar-refractivity contribution < 1.29 is 9.59 Å². The quantitative estimate of drug-likeness (QED) is 0.641. The standard InChI is InChI=1S/C22H22N4O2S/c1-14(2)15-7-9-16(10-8-15)19-24-12-17(29-19)13-26-20(27)22(3,25-21(26)28)18-6-4-5-11-23-18/h4-12,14H,13H2,1-3H3,(H,25,28). The zero-order valence-electron chi connectivity index (χ0n) is 16.5. The van der Waals surface area contributed by atoms with Crippen LogP contribution in [0.25, 0.3) is 10.6 Å². The van der Waals surface area contributed by atoms with Crippen LogP contribution in [0.4, 0.5) is 4.79 Å². The van der Waals surface area contributed by atoms with Gasteiger partial charge in [0.1, 0.15) is 5.01 Å². The van der Waals surface area contributed by atoms with E-state index in [9.17, 15) is 9.59 Å². The van der Waals surface area contributed by atoms with E-state index in [2.05, 4.69) is 53.4 Å². The SMILES string of the molecule is CC(C)c1ccc(-c2ncc(CN3C(=O)NC(C)(c4ccccn4)C3=O)s2)cc1. The Morgan fingerprint density at radius 2 is 1.86 bits per heavy atom. The number of carbonyl (C=O) groups excluding carboxylic acids is 2. The van der Waals surface area contributed by atoms with Gasteiger partial charge in [-0.3, -0.25) is 14.7 Å². The second-order valence-corrected chi connectivity index (χ2v) is 8.69. The van der Waals surface area contributed by atoms with Crippen LogP contribution in [0.5, 0.6) is 0 Å². The largest absolute Gasteiger partial charge is 0.325 e. The van der Waals surface area contributed by atoms with Gasteiger partial charge in [0.05, 0.1) is 12.2 Å². The molecule has 6 nitrogen and oxygen atoms in total. The normalized spacial score (nSPS) is 19.1. The van der Waals surface area contributed by atoms with Crippen molar-refractivity contribution in [3.63, 3.8) is 0 Å². The van der Waals surface area contributed by atoms with Gasteiger partial charge in [0.15, 0.2) is 5.54 Å². The lowest BCUT2D eigenvalue weighted by Crippen LogP contribution is -2.41. The number of hydrogen-bond acceptors (Lipinski definition) is 5. The molecule has 0 aliphatic carbocycles. The van der Waals surface area contributed by atoms with Crippen LogP contribution >= 0.6 is 11.3 Å². The molecule has 1 aliphatic heterocycles. The van der Waals surface area contributed by atoms with Crippen molar-refractivity contribution in [3.8, 4) is 10.6 Å². The van der Waals surface area contributed by atoms with Crippen molar-refractivity contribution in [2.45, 2.75) is 38.8 Å². The van der Waals surface area contributed by atoms with Crippen LogP contribution in [0, 0.1) is 0 Å². The average Bonchev–Trinajstić information content (AvgIpc) is 3.28. The maximum atomic E-state index is 13.0. The number of nitrogens with zero attached hydrogens (tertiary/aromatic N) is 3. The van der Waals surface area contributed by atoms with Crippen molar-refractivity contribution in [1.29, 1.82) is 0 Å². The maximum Gasteiger partial charge on any atom is 0.325 e. The highest BCUT2D eigenvalue weighted by atomic mass is 32.1. The first-order valence-electron chi connectivity index (χ1n) is 9.49. The van der Waals surface area contributed by atoms with Gasteiger partial charge in [-0.15, -0.1) is 11.3 Å². The molecule has 2 aromatic heterocycles. The number of carbonyl (C=O) groups is 2. The third-order valence-corrected chi connectivity index (χ3v) is 6.18. The molecule has 3 amide bonds. The highest BCUT2D eigenvalue weighted by Crippen LogP contribution is 2.31. The summed E-state index contributed by atoms with van der Waals surface area (Å²) in [5.74, 6) is 0.168. The van der Waals surface area contributed by atoms with Crippen molar-refractivity contribution >= 4 is 23.3 Å². The van der Waals surface area contributed by atoms with E-state index in [1.54, 1.807) is 37.5 Å². The highest BCUT2D eigenvalue weighted by Gasteiger charge is 2.49. The minimum atomic E-state index is -1.15. The van der Waals surface area contributed by atoms with Crippen LogP contribution in [0.2, 0.25) is 0 Å². The van der Waals surface area contributed by atoms with E-state index in [0.29, 0.717) is 11.6 Å². The molecule has 1 N–H and O–H groups in total. The second-order valence-electron chi connectivity index (χ2n) is 7.57.